The first-order chi connectivity index (χ1) is 12.2. The second kappa shape index (κ2) is 6.78. The summed E-state index contributed by atoms with van der Waals surface area (Å²) in [5.41, 5.74) is -0.206. The van der Waals surface area contributed by atoms with E-state index in [4.69, 9.17) is 18.9 Å². The number of fused-ring (bicyclic) bond motifs is 1. The fourth-order valence-corrected chi connectivity index (χ4v) is 4.35. The van der Waals surface area contributed by atoms with E-state index >= 15 is 0 Å². The standard InChI is InChI=1S/C16H19NO8S/c1-15(2)24-10-8-23-16(14(19)22-3,13(18)12(10)25-15)26-11-7-5-4-6-9(11)17(20)21/h4-7,10,12-13,18H,8H2,1-3H3. The summed E-state index contributed by atoms with van der Waals surface area (Å²) in [5, 5.41) is 22.2. The third kappa shape index (κ3) is 3.19. The van der Waals surface area contributed by atoms with Crippen molar-refractivity contribution in [3.8, 4) is 0 Å². The molecule has 3 rings (SSSR count). The molecule has 9 nitrogen and oxygen atoms in total. The van der Waals surface area contributed by atoms with E-state index in [1.165, 1.54) is 18.2 Å². The molecule has 2 aliphatic heterocycles. The van der Waals surface area contributed by atoms with Gasteiger partial charge >= 0.3 is 5.97 Å². The summed E-state index contributed by atoms with van der Waals surface area (Å²) in [6, 6.07) is 5.89. The van der Waals surface area contributed by atoms with E-state index in [1.54, 1.807) is 19.9 Å². The molecule has 0 aliphatic carbocycles. The first-order valence-corrected chi connectivity index (χ1v) is 8.70. The number of rotatable bonds is 4. The molecule has 10 heteroatoms. The highest BCUT2D eigenvalue weighted by atomic mass is 32.2. The highest BCUT2D eigenvalue weighted by Crippen LogP contribution is 2.48. The number of ether oxygens (including phenoxy) is 4. The Hall–Kier alpha value is -1.72. The van der Waals surface area contributed by atoms with Gasteiger partial charge < -0.3 is 24.1 Å². The predicted molar refractivity (Wildman–Crippen MR) is 89.5 cm³/mol. The molecule has 4 atom stereocenters. The maximum Gasteiger partial charge on any atom is 0.352 e. The molecule has 26 heavy (non-hydrogen) atoms. The molecule has 1 aromatic carbocycles. The maximum absolute atomic E-state index is 12.5. The molecule has 0 aromatic heterocycles. The zero-order valence-electron chi connectivity index (χ0n) is 14.4. The van der Waals surface area contributed by atoms with Gasteiger partial charge in [-0.3, -0.25) is 10.1 Å². The smallest absolute Gasteiger partial charge is 0.352 e. The topological polar surface area (TPSA) is 117 Å². The number of thioether (sulfide) groups is 1. The molecule has 1 N–H and O–H groups in total. The quantitative estimate of drug-likeness (QED) is 0.467. The van der Waals surface area contributed by atoms with Crippen molar-refractivity contribution < 1.29 is 33.8 Å². The Kier molecular flexibility index (Phi) is 4.97. The van der Waals surface area contributed by atoms with Crippen molar-refractivity contribution in [2.75, 3.05) is 13.7 Å². The average molecular weight is 385 g/mol. The maximum atomic E-state index is 12.5. The van der Waals surface area contributed by atoms with Crippen LogP contribution in [-0.4, -0.2) is 58.7 Å². The lowest BCUT2D eigenvalue weighted by Crippen LogP contribution is -2.62. The zero-order chi connectivity index (χ0) is 19.1. The molecule has 142 valence electrons. The number of aliphatic hydroxyl groups excluding tert-OH is 1. The van der Waals surface area contributed by atoms with Crippen molar-refractivity contribution in [2.24, 2.45) is 0 Å². The second-order valence-electron chi connectivity index (χ2n) is 6.38. The number of nitrogens with zero attached hydrogens (tertiary/aromatic N) is 1. The molecule has 2 saturated heterocycles. The minimum absolute atomic E-state index is 0.0338. The van der Waals surface area contributed by atoms with Crippen LogP contribution in [0.1, 0.15) is 13.8 Å². The summed E-state index contributed by atoms with van der Waals surface area (Å²) in [7, 11) is 1.15. The van der Waals surface area contributed by atoms with Crippen LogP contribution >= 0.6 is 11.8 Å². The Bertz CT molecular complexity index is 726. The number of aliphatic hydroxyl groups is 1. The van der Waals surface area contributed by atoms with E-state index in [9.17, 15) is 20.0 Å². The van der Waals surface area contributed by atoms with Crippen molar-refractivity contribution in [1.82, 2.24) is 0 Å². The number of hydrogen-bond acceptors (Lipinski definition) is 9. The van der Waals surface area contributed by atoms with Crippen molar-refractivity contribution in [2.45, 2.75) is 47.8 Å². The lowest BCUT2D eigenvalue weighted by molar-refractivity contribution is -0.387. The van der Waals surface area contributed by atoms with E-state index in [0.717, 1.165) is 18.9 Å². The van der Waals surface area contributed by atoms with Gasteiger partial charge in [-0.05, 0) is 19.9 Å². The lowest BCUT2D eigenvalue weighted by atomic mass is 9.99. The summed E-state index contributed by atoms with van der Waals surface area (Å²) < 4.78 is 21.9. The van der Waals surface area contributed by atoms with Crippen LogP contribution in [0.5, 0.6) is 0 Å². The van der Waals surface area contributed by atoms with Gasteiger partial charge in [-0.15, -0.1) is 0 Å². The van der Waals surface area contributed by atoms with Gasteiger partial charge in [0.05, 0.1) is 23.5 Å². The van der Waals surface area contributed by atoms with Crippen LogP contribution in [0, 0.1) is 10.1 Å². The summed E-state index contributed by atoms with van der Waals surface area (Å²) >= 11 is 0.733. The van der Waals surface area contributed by atoms with E-state index in [0.29, 0.717) is 0 Å². The SMILES string of the molecule is COC(=O)C1(Sc2ccccc2[N+](=O)[O-])OCC2OC(C)(C)OC2C1O. The monoisotopic (exact) mass is 385 g/mol. The molecule has 0 radical (unpaired) electrons. The largest absolute Gasteiger partial charge is 0.466 e. The molecular formula is C16H19NO8S. The number of nitro groups is 1. The molecule has 1 aromatic rings. The molecule has 0 saturated carbocycles. The first kappa shape index (κ1) is 19.1. The number of hydrogen-bond donors (Lipinski definition) is 1. The van der Waals surface area contributed by atoms with Crippen LogP contribution in [0.4, 0.5) is 5.69 Å². The van der Waals surface area contributed by atoms with Gasteiger partial charge in [0.2, 0.25) is 4.93 Å². The summed E-state index contributed by atoms with van der Waals surface area (Å²) in [4.78, 5) is 21.5. The molecule has 2 aliphatic rings. The number of para-hydroxylation sites is 1. The van der Waals surface area contributed by atoms with Crippen molar-refractivity contribution in [1.29, 1.82) is 0 Å². The number of carbonyl (C=O) groups is 1. The number of esters is 1. The van der Waals surface area contributed by atoms with Gasteiger partial charge in [-0.2, -0.15) is 0 Å². The van der Waals surface area contributed by atoms with Gasteiger partial charge in [-0.25, -0.2) is 4.79 Å². The Balaban J connectivity index is 1.99. The second-order valence-corrected chi connectivity index (χ2v) is 7.63. The van der Waals surface area contributed by atoms with E-state index in [2.05, 4.69) is 0 Å². The summed E-state index contributed by atoms with van der Waals surface area (Å²) in [6.07, 6.45) is -2.86. The average Bonchev–Trinajstić information content (AvgIpc) is 2.92. The zero-order valence-corrected chi connectivity index (χ0v) is 15.2. The summed E-state index contributed by atoms with van der Waals surface area (Å²) in [5.74, 6) is -1.81. The van der Waals surface area contributed by atoms with E-state index in [1.807, 2.05) is 0 Å². The molecule has 2 fully saturated rings. The van der Waals surface area contributed by atoms with Gasteiger partial charge in [0.15, 0.2) is 5.79 Å². The fraction of sp³-hybridized carbons (Fsp3) is 0.562. The molecule has 0 spiro atoms. The van der Waals surface area contributed by atoms with E-state index in [-0.39, 0.29) is 17.2 Å². The van der Waals surface area contributed by atoms with Gasteiger partial charge in [-0.1, -0.05) is 23.9 Å². The van der Waals surface area contributed by atoms with Crippen LogP contribution < -0.4 is 0 Å². The van der Waals surface area contributed by atoms with Gasteiger partial charge in [0, 0.05) is 6.07 Å². The minimum atomic E-state index is -1.91. The van der Waals surface area contributed by atoms with Crippen LogP contribution in [0.25, 0.3) is 0 Å². The molecule has 0 bridgehead atoms. The van der Waals surface area contributed by atoms with Gasteiger partial charge in [0.25, 0.3) is 5.69 Å². The number of nitro benzene ring substituents is 1. The van der Waals surface area contributed by atoms with Crippen molar-refractivity contribution in [3.63, 3.8) is 0 Å². The number of methoxy groups -OCH3 is 1. The third-order valence-electron chi connectivity index (χ3n) is 4.18. The van der Waals surface area contributed by atoms with Gasteiger partial charge in [0.1, 0.15) is 18.3 Å². The molecule has 0 amide bonds. The predicted octanol–water partition coefficient (Wildman–Crippen LogP) is 1.47. The highest BCUT2D eigenvalue weighted by molar-refractivity contribution is 8.01. The van der Waals surface area contributed by atoms with Crippen LogP contribution in [0.2, 0.25) is 0 Å². The number of carbonyl (C=O) groups excluding carboxylic acids is 1. The lowest BCUT2D eigenvalue weighted by Gasteiger charge is -2.41. The Morgan fingerprint density at radius 1 is 1.38 bits per heavy atom. The fourth-order valence-electron chi connectivity index (χ4n) is 3.08. The number of benzene rings is 1. The first-order valence-electron chi connectivity index (χ1n) is 7.89. The Labute approximate surface area is 153 Å². The normalized spacial score (nSPS) is 32.7. The van der Waals surface area contributed by atoms with Crippen LogP contribution in [-0.2, 0) is 23.7 Å². The third-order valence-corrected chi connectivity index (χ3v) is 5.57. The molecular weight excluding hydrogens is 366 g/mol. The summed E-state index contributed by atoms with van der Waals surface area (Å²) in [6.45, 7) is 3.34. The Morgan fingerprint density at radius 2 is 2.08 bits per heavy atom. The van der Waals surface area contributed by atoms with Crippen molar-refractivity contribution >= 4 is 23.4 Å². The van der Waals surface area contributed by atoms with Crippen molar-refractivity contribution in [3.05, 3.63) is 34.4 Å². The van der Waals surface area contributed by atoms with Crippen LogP contribution in [0.15, 0.2) is 29.2 Å². The molecule has 2 heterocycles. The van der Waals surface area contributed by atoms with E-state index < -0.39 is 39.9 Å². The minimum Gasteiger partial charge on any atom is -0.466 e. The Morgan fingerprint density at radius 3 is 2.73 bits per heavy atom. The highest BCUT2D eigenvalue weighted by Gasteiger charge is 2.62. The molecule has 4 unspecified atom stereocenters. The van der Waals surface area contributed by atoms with Crippen LogP contribution in [0.3, 0.4) is 0 Å².